The lowest BCUT2D eigenvalue weighted by atomic mass is 10.1. The van der Waals surface area contributed by atoms with Crippen LogP contribution in [0.4, 0.5) is 5.69 Å². The molecule has 0 radical (unpaired) electrons. The van der Waals surface area contributed by atoms with Gasteiger partial charge in [-0.15, -0.1) is 5.10 Å². The number of anilines is 1. The number of sulfonamides is 1. The molecule has 3 rings (SSSR count). The van der Waals surface area contributed by atoms with Crippen LogP contribution in [0, 0.1) is 0 Å². The Morgan fingerprint density at radius 1 is 1.33 bits per heavy atom. The summed E-state index contributed by atoms with van der Waals surface area (Å²) in [5.74, 6) is 0. The Hall–Kier alpha value is -1.93. The minimum Gasteiger partial charge on any atom is -0.292 e. The molecule has 1 aromatic heterocycles. The summed E-state index contributed by atoms with van der Waals surface area (Å²) >= 11 is 0. The molecule has 0 saturated carbocycles. The maximum absolute atomic E-state index is 12.5. The van der Waals surface area contributed by atoms with E-state index in [9.17, 15) is 8.42 Å². The Morgan fingerprint density at radius 3 is 2.79 bits per heavy atom. The minimum absolute atomic E-state index is 0.0724. The van der Waals surface area contributed by atoms with Gasteiger partial charge in [0.1, 0.15) is 0 Å². The molecule has 1 N–H and O–H groups in total. The number of aromatic nitrogens is 3. The first-order valence-electron chi connectivity index (χ1n) is 8.14. The van der Waals surface area contributed by atoms with Crippen molar-refractivity contribution < 1.29 is 8.42 Å². The van der Waals surface area contributed by atoms with Crippen molar-refractivity contribution >= 4 is 15.7 Å². The molecule has 1 unspecified atom stereocenters. The Morgan fingerprint density at radius 2 is 2.12 bits per heavy atom. The first kappa shape index (κ1) is 16.9. The van der Waals surface area contributed by atoms with Gasteiger partial charge in [0, 0.05) is 26.2 Å². The molecule has 1 aliphatic rings. The Labute approximate surface area is 142 Å². The molecule has 1 atom stereocenters. The van der Waals surface area contributed by atoms with E-state index < -0.39 is 10.0 Å². The number of hydrogen-bond acceptors (Lipinski definition) is 5. The van der Waals surface area contributed by atoms with Crippen molar-refractivity contribution in [1.29, 1.82) is 0 Å². The van der Waals surface area contributed by atoms with Crippen molar-refractivity contribution in [2.45, 2.75) is 50.8 Å². The monoisotopic (exact) mass is 349 g/mol. The standard InChI is InChI=1S/C16H23N5O2S/c1-4-6-12(2)21-10-13-7-5-8-15(14(13)11-21)19-24(22,23)16-9-17-20(3)18-16/h5,7-9,12,19H,4,6,10-11H2,1-3H3. The maximum Gasteiger partial charge on any atom is 0.282 e. The zero-order chi connectivity index (χ0) is 17.3. The van der Waals surface area contributed by atoms with Crippen LogP contribution in [-0.4, -0.2) is 34.4 Å². The van der Waals surface area contributed by atoms with Crippen LogP contribution >= 0.6 is 0 Å². The predicted octanol–water partition coefficient (Wildman–Crippen LogP) is 2.12. The van der Waals surface area contributed by atoms with Gasteiger partial charge < -0.3 is 0 Å². The van der Waals surface area contributed by atoms with Crippen LogP contribution in [0.5, 0.6) is 0 Å². The molecule has 2 heterocycles. The molecule has 7 nitrogen and oxygen atoms in total. The fourth-order valence-corrected chi connectivity index (χ4v) is 4.10. The number of nitrogens with one attached hydrogen (secondary N) is 1. The van der Waals surface area contributed by atoms with Crippen molar-refractivity contribution in [3.8, 4) is 0 Å². The number of benzene rings is 1. The molecule has 0 spiro atoms. The summed E-state index contributed by atoms with van der Waals surface area (Å²) in [7, 11) is -2.14. The Kier molecular flexibility index (Phi) is 4.60. The van der Waals surface area contributed by atoms with Gasteiger partial charge in [0.2, 0.25) is 5.03 Å². The fourth-order valence-electron chi connectivity index (χ4n) is 3.10. The Bertz CT molecular complexity index is 831. The first-order valence-corrected chi connectivity index (χ1v) is 9.63. The Balaban J connectivity index is 1.84. The van der Waals surface area contributed by atoms with Crippen LogP contribution in [-0.2, 0) is 30.2 Å². The number of hydrogen-bond donors (Lipinski definition) is 1. The summed E-state index contributed by atoms with van der Waals surface area (Å²) in [6.07, 6.45) is 3.52. The molecular formula is C16H23N5O2S. The second-order valence-corrected chi connectivity index (χ2v) is 7.89. The molecule has 1 aliphatic heterocycles. The summed E-state index contributed by atoms with van der Waals surface area (Å²) in [4.78, 5) is 3.62. The van der Waals surface area contributed by atoms with Crippen LogP contribution < -0.4 is 4.72 Å². The number of fused-ring (bicyclic) bond motifs is 1. The van der Waals surface area contributed by atoms with Crippen molar-refractivity contribution in [3.63, 3.8) is 0 Å². The molecule has 1 aromatic carbocycles. The van der Waals surface area contributed by atoms with E-state index in [0.717, 1.165) is 31.5 Å². The second-order valence-electron chi connectivity index (χ2n) is 6.26. The molecule has 0 bridgehead atoms. The summed E-state index contributed by atoms with van der Waals surface area (Å²) in [6, 6.07) is 6.24. The van der Waals surface area contributed by atoms with Crippen LogP contribution in [0.2, 0.25) is 0 Å². The van der Waals surface area contributed by atoms with E-state index in [-0.39, 0.29) is 5.03 Å². The molecule has 0 fully saturated rings. The van der Waals surface area contributed by atoms with Crippen molar-refractivity contribution in [3.05, 3.63) is 35.5 Å². The summed E-state index contributed by atoms with van der Waals surface area (Å²) in [5.41, 5.74) is 2.86. The topological polar surface area (TPSA) is 80.1 Å². The molecule has 24 heavy (non-hydrogen) atoms. The van der Waals surface area contributed by atoms with E-state index in [1.54, 1.807) is 13.1 Å². The van der Waals surface area contributed by atoms with Crippen molar-refractivity contribution in [2.24, 2.45) is 7.05 Å². The fraction of sp³-hybridized carbons (Fsp3) is 0.500. The van der Waals surface area contributed by atoms with E-state index in [2.05, 4.69) is 39.7 Å². The van der Waals surface area contributed by atoms with Crippen LogP contribution in [0.25, 0.3) is 0 Å². The highest BCUT2D eigenvalue weighted by molar-refractivity contribution is 7.92. The first-order chi connectivity index (χ1) is 11.4. The van der Waals surface area contributed by atoms with Gasteiger partial charge in [-0.2, -0.15) is 18.3 Å². The molecule has 2 aromatic rings. The third-order valence-electron chi connectivity index (χ3n) is 4.44. The SMILES string of the molecule is CCCC(C)N1Cc2cccc(NS(=O)(=O)c3cnn(C)n3)c2C1. The van der Waals surface area contributed by atoms with E-state index in [4.69, 9.17) is 0 Å². The average molecular weight is 349 g/mol. The van der Waals surface area contributed by atoms with Gasteiger partial charge >= 0.3 is 0 Å². The third kappa shape index (κ3) is 3.29. The van der Waals surface area contributed by atoms with Crippen LogP contribution in [0.1, 0.15) is 37.8 Å². The van der Waals surface area contributed by atoms with Gasteiger partial charge in [-0.05, 0) is 30.5 Å². The second kappa shape index (κ2) is 6.52. The lowest BCUT2D eigenvalue weighted by Gasteiger charge is -2.23. The predicted molar refractivity (Wildman–Crippen MR) is 91.9 cm³/mol. The zero-order valence-corrected chi connectivity index (χ0v) is 15.0. The van der Waals surface area contributed by atoms with Crippen LogP contribution in [0.3, 0.4) is 0 Å². The average Bonchev–Trinajstić information content (AvgIpc) is 3.14. The van der Waals surface area contributed by atoms with Crippen LogP contribution in [0.15, 0.2) is 29.4 Å². The maximum atomic E-state index is 12.5. The normalized spacial score (nSPS) is 16.1. The van der Waals surface area contributed by atoms with Gasteiger partial charge in [-0.1, -0.05) is 25.5 Å². The highest BCUT2D eigenvalue weighted by atomic mass is 32.2. The number of nitrogens with zero attached hydrogens (tertiary/aromatic N) is 4. The largest absolute Gasteiger partial charge is 0.292 e. The molecule has 130 valence electrons. The summed E-state index contributed by atoms with van der Waals surface area (Å²) < 4.78 is 27.7. The number of aryl methyl sites for hydroxylation is 1. The van der Waals surface area contributed by atoms with E-state index in [1.165, 1.54) is 16.6 Å². The highest BCUT2D eigenvalue weighted by Crippen LogP contribution is 2.32. The van der Waals surface area contributed by atoms with E-state index >= 15 is 0 Å². The molecule has 0 aliphatic carbocycles. The number of rotatable bonds is 6. The zero-order valence-electron chi connectivity index (χ0n) is 14.2. The third-order valence-corrected chi connectivity index (χ3v) is 5.66. The van der Waals surface area contributed by atoms with Gasteiger partial charge in [-0.3, -0.25) is 9.62 Å². The summed E-state index contributed by atoms with van der Waals surface area (Å²) in [5, 5.41) is 7.64. The highest BCUT2D eigenvalue weighted by Gasteiger charge is 2.27. The summed E-state index contributed by atoms with van der Waals surface area (Å²) in [6.45, 7) is 6.02. The molecule has 0 amide bonds. The minimum atomic E-state index is -3.72. The van der Waals surface area contributed by atoms with Gasteiger partial charge in [0.05, 0.1) is 11.9 Å². The van der Waals surface area contributed by atoms with Crippen molar-refractivity contribution in [2.75, 3.05) is 4.72 Å². The smallest absolute Gasteiger partial charge is 0.282 e. The van der Waals surface area contributed by atoms with Gasteiger partial charge in [0.25, 0.3) is 10.0 Å². The van der Waals surface area contributed by atoms with Gasteiger partial charge in [-0.25, -0.2) is 0 Å². The van der Waals surface area contributed by atoms with Gasteiger partial charge in [0.15, 0.2) is 0 Å². The lowest BCUT2D eigenvalue weighted by molar-refractivity contribution is 0.202. The molecule has 0 saturated heterocycles. The van der Waals surface area contributed by atoms with E-state index in [0.29, 0.717) is 11.7 Å². The molecular weight excluding hydrogens is 326 g/mol. The quantitative estimate of drug-likeness (QED) is 0.864. The lowest BCUT2D eigenvalue weighted by Crippen LogP contribution is -2.27. The van der Waals surface area contributed by atoms with Crippen molar-refractivity contribution in [1.82, 2.24) is 19.9 Å². The van der Waals surface area contributed by atoms with E-state index in [1.807, 2.05) is 6.07 Å². The molecule has 8 heteroatoms.